The summed E-state index contributed by atoms with van der Waals surface area (Å²) in [6.45, 7) is 1.69. The summed E-state index contributed by atoms with van der Waals surface area (Å²) in [5.41, 5.74) is 11.6. The van der Waals surface area contributed by atoms with Crippen LogP contribution in [-0.4, -0.2) is 13.0 Å². The number of aryl methyl sites for hydroxylation is 1. The summed E-state index contributed by atoms with van der Waals surface area (Å²) >= 11 is 0. The van der Waals surface area contributed by atoms with Crippen molar-refractivity contribution < 1.29 is 13.0 Å². The molecule has 13 heavy (non-hydrogen) atoms. The average molecular weight is 202 g/mol. The molecule has 0 aliphatic carbocycles. The van der Waals surface area contributed by atoms with Gasteiger partial charge in [0.05, 0.1) is 11.4 Å². The van der Waals surface area contributed by atoms with Crippen molar-refractivity contribution in [3.8, 4) is 0 Å². The number of benzene rings is 1. The van der Waals surface area contributed by atoms with Gasteiger partial charge in [0.2, 0.25) is 0 Å². The first-order valence-corrected chi connectivity index (χ1v) is 4.90. The molecule has 0 aliphatic rings. The molecule has 0 amide bonds. The summed E-state index contributed by atoms with van der Waals surface area (Å²) in [5.74, 6) is 0. The minimum atomic E-state index is -4.28. The predicted molar refractivity (Wildman–Crippen MR) is 49.8 cm³/mol. The molecule has 1 aromatic carbocycles. The summed E-state index contributed by atoms with van der Waals surface area (Å²) in [6.07, 6.45) is 0. The number of nitrogens with two attached hydrogens (primary N) is 2. The van der Waals surface area contributed by atoms with Gasteiger partial charge in [-0.05, 0) is 18.6 Å². The maximum absolute atomic E-state index is 10.7. The third kappa shape index (κ3) is 1.73. The summed E-state index contributed by atoms with van der Waals surface area (Å²) in [4.78, 5) is -0.351. The molecule has 0 aliphatic heterocycles. The van der Waals surface area contributed by atoms with Crippen molar-refractivity contribution in [2.75, 3.05) is 11.5 Å². The van der Waals surface area contributed by atoms with Gasteiger partial charge < -0.3 is 11.5 Å². The van der Waals surface area contributed by atoms with E-state index < -0.39 is 10.1 Å². The van der Waals surface area contributed by atoms with Gasteiger partial charge in [-0.2, -0.15) is 8.42 Å². The molecular weight excluding hydrogens is 192 g/mol. The van der Waals surface area contributed by atoms with Crippen LogP contribution in [0.1, 0.15) is 5.56 Å². The summed E-state index contributed by atoms with van der Waals surface area (Å²) < 4.78 is 30.2. The van der Waals surface area contributed by atoms with Crippen molar-refractivity contribution in [1.29, 1.82) is 0 Å². The topological polar surface area (TPSA) is 106 Å². The predicted octanol–water partition coefficient (Wildman–Crippen LogP) is 0.406. The summed E-state index contributed by atoms with van der Waals surface area (Å²) in [7, 11) is -4.28. The minimum absolute atomic E-state index is 0.109. The van der Waals surface area contributed by atoms with Crippen LogP contribution in [0.2, 0.25) is 0 Å². The molecule has 1 rings (SSSR count). The van der Waals surface area contributed by atoms with Gasteiger partial charge in [0, 0.05) is 0 Å². The Morgan fingerprint density at radius 3 is 2.23 bits per heavy atom. The van der Waals surface area contributed by atoms with Crippen LogP contribution in [0.5, 0.6) is 0 Å². The van der Waals surface area contributed by atoms with E-state index in [0.717, 1.165) is 0 Å². The normalized spacial score (nSPS) is 11.5. The highest BCUT2D eigenvalue weighted by atomic mass is 32.2. The van der Waals surface area contributed by atoms with E-state index in [4.69, 9.17) is 16.0 Å². The van der Waals surface area contributed by atoms with Gasteiger partial charge in [-0.15, -0.1) is 0 Å². The van der Waals surface area contributed by atoms with Crippen LogP contribution in [0, 0.1) is 6.92 Å². The second kappa shape index (κ2) is 2.90. The number of hydrogen-bond donors (Lipinski definition) is 3. The molecule has 0 bridgehead atoms. The van der Waals surface area contributed by atoms with E-state index in [0.29, 0.717) is 5.56 Å². The Morgan fingerprint density at radius 2 is 1.77 bits per heavy atom. The quantitative estimate of drug-likeness (QED) is 0.451. The lowest BCUT2D eigenvalue weighted by Gasteiger charge is -2.07. The van der Waals surface area contributed by atoms with E-state index in [1.54, 1.807) is 6.92 Å². The molecule has 1 aromatic rings. The molecule has 0 heterocycles. The fourth-order valence-electron chi connectivity index (χ4n) is 0.950. The van der Waals surface area contributed by atoms with Crippen molar-refractivity contribution in [3.63, 3.8) is 0 Å². The molecule has 0 unspecified atom stereocenters. The molecular formula is C7H10N2O3S. The van der Waals surface area contributed by atoms with Gasteiger partial charge >= 0.3 is 0 Å². The first kappa shape index (κ1) is 9.82. The molecule has 0 atom stereocenters. The van der Waals surface area contributed by atoms with Crippen molar-refractivity contribution in [1.82, 2.24) is 0 Å². The first-order valence-electron chi connectivity index (χ1n) is 3.46. The molecule has 0 saturated heterocycles. The first-order chi connectivity index (χ1) is 5.84. The lowest BCUT2D eigenvalue weighted by molar-refractivity contribution is 0.483. The Bertz CT molecular complexity index is 439. The molecule has 6 heteroatoms. The van der Waals surface area contributed by atoms with Gasteiger partial charge in [-0.25, -0.2) is 0 Å². The number of rotatable bonds is 1. The van der Waals surface area contributed by atoms with Crippen LogP contribution in [0.4, 0.5) is 11.4 Å². The lowest BCUT2D eigenvalue weighted by Crippen LogP contribution is -2.06. The minimum Gasteiger partial charge on any atom is -0.397 e. The smallest absolute Gasteiger partial charge is 0.296 e. The fraction of sp³-hybridized carbons (Fsp3) is 0.143. The van der Waals surface area contributed by atoms with E-state index in [1.165, 1.54) is 12.1 Å². The van der Waals surface area contributed by atoms with Crippen molar-refractivity contribution in [2.24, 2.45) is 0 Å². The molecule has 0 fully saturated rings. The number of nitrogen functional groups attached to an aromatic ring is 2. The Morgan fingerprint density at radius 1 is 1.23 bits per heavy atom. The Balaban J connectivity index is 3.53. The van der Waals surface area contributed by atoms with E-state index in [2.05, 4.69) is 0 Å². The molecule has 0 radical (unpaired) electrons. The van der Waals surface area contributed by atoms with Crippen molar-refractivity contribution in [2.45, 2.75) is 11.8 Å². The van der Waals surface area contributed by atoms with Crippen LogP contribution >= 0.6 is 0 Å². The Hall–Kier alpha value is -1.27. The van der Waals surface area contributed by atoms with Gasteiger partial charge in [0.1, 0.15) is 4.90 Å². The van der Waals surface area contributed by atoms with Crippen LogP contribution in [-0.2, 0) is 10.1 Å². The highest BCUT2D eigenvalue weighted by Gasteiger charge is 2.15. The van der Waals surface area contributed by atoms with Crippen LogP contribution < -0.4 is 11.5 Å². The lowest BCUT2D eigenvalue weighted by atomic mass is 10.2. The monoisotopic (exact) mass is 202 g/mol. The molecule has 5 N–H and O–H groups in total. The third-order valence-corrected chi connectivity index (χ3v) is 2.65. The standard InChI is InChI=1S/C7H10N2O3S/c1-4-2-3-5(13(10,11)12)7(9)6(4)8/h2-3H,8-9H2,1H3,(H,10,11,12). The van der Waals surface area contributed by atoms with Crippen LogP contribution in [0.25, 0.3) is 0 Å². The second-order valence-corrected chi connectivity index (χ2v) is 4.07. The van der Waals surface area contributed by atoms with Gasteiger partial charge in [0.15, 0.2) is 0 Å². The van der Waals surface area contributed by atoms with Gasteiger partial charge in [-0.1, -0.05) is 6.07 Å². The highest BCUT2D eigenvalue weighted by molar-refractivity contribution is 7.86. The average Bonchev–Trinajstić information content (AvgIpc) is 1.98. The molecule has 0 spiro atoms. The number of hydrogen-bond acceptors (Lipinski definition) is 4. The molecule has 72 valence electrons. The van der Waals surface area contributed by atoms with Crippen molar-refractivity contribution in [3.05, 3.63) is 17.7 Å². The number of anilines is 2. The maximum atomic E-state index is 10.7. The third-order valence-electron chi connectivity index (χ3n) is 1.74. The van der Waals surface area contributed by atoms with Crippen molar-refractivity contribution >= 4 is 21.5 Å². The second-order valence-electron chi connectivity index (χ2n) is 2.68. The fourth-order valence-corrected chi connectivity index (χ4v) is 1.58. The maximum Gasteiger partial charge on any atom is 0.296 e. The van der Waals surface area contributed by atoms with Crippen LogP contribution in [0.3, 0.4) is 0 Å². The largest absolute Gasteiger partial charge is 0.397 e. The summed E-state index contributed by atoms with van der Waals surface area (Å²) in [5, 5.41) is 0. The Labute approximate surface area is 76.1 Å². The Kier molecular flexibility index (Phi) is 2.19. The van der Waals surface area contributed by atoms with Crippen LogP contribution in [0.15, 0.2) is 17.0 Å². The van der Waals surface area contributed by atoms with E-state index in [1.807, 2.05) is 0 Å². The van der Waals surface area contributed by atoms with E-state index in [9.17, 15) is 8.42 Å². The van der Waals surface area contributed by atoms with Gasteiger partial charge in [0.25, 0.3) is 10.1 Å². The molecule has 0 aromatic heterocycles. The van der Waals surface area contributed by atoms with Gasteiger partial charge in [-0.3, -0.25) is 4.55 Å². The zero-order valence-electron chi connectivity index (χ0n) is 6.98. The SMILES string of the molecule is Cc1ccc(S(=O)(=O)O)c(N)c1N. The zero-order valence-corrected chi connectivity index (χ0v) is 7.80. The molecule has 5 nitrogen and oxygen atoms in total. The zero-order chi connectivity index (χ0) is 10.2. The van der Waals surface area contributed by atoms with E-state index >= 15 is 0 Å². The molecule has 0 saturated carbocycles. The summed E-state index contributed by atoms with van der Waals surface area (Å²) in [6, 6.07) is 2.70. The highest BCUT2D eigenvalue weighted by Crippen LogP contribution is 2.26. The van der Waals surface area contributed by atoms with E-state index in [-0.39, 0.29) is 16.3 Å².